The molecule has 1 fully saturated rings. The van der Waals surface area contributed by atoms with Crippen molar-refractivity contribution in [1.29, 1.82) is 0 Å². The van der Waals surface area contributed by atoms with Crippen molar-refractivity contribution in [3.05, 3.63) is 114 Å². The van der Waals surface area contributed by atoms with Gasteiger partial charge in [-0.1, -0.05) is 69.3 Å². The maximum Gasteiger partial charge on any atom is 0.420 e. The molecule has 4 heterocycles. The van der Waals surface area contributed by atoms with Crippen molar-refractivity contribution in [3.8, 4) is 0 Å². The van der Waals surface area contributed by atoms with E-state index < -0.39 is 77.2 Å². The third-order valence-corrected chi connectivity index (χ3v) is 12.5. The number of Topliss-reactive ketones (excluding diaryl/α,β-unsaturated/α-hetero) is 2. The Morgan fingerprint density at radius 2 is 1.71 bits per heavy atom. The zero-order valence-corrected chi connectivity index (χ0v) is 38.5. The zero-order chi connectivity index (χ0) is 46.9. The van der Waals surface area contributed by atoms with Gasteiger partial charge < -0.3 is 28.4 Å². The molecule has 2 aromatic carbocycles. The van der Waals surface area contributed by atoms with Crippen molar-refractivity contribution < 1.29 is 52.4 Å². The molecule has 2 aromatic heterocycles. The maximum absolute atomic E-state index is 14.8. The second kappa shape index (κ2) is 21.4. The van der Waals surface area contributed by atoms with Gasteiger partial charge in [0.2, 0.25) is 0 Å². The highest BCUT2D eigenvalue weighted by molar-refractivity contribution is 6.00. The Morgan fingerprint density at radius 1 is 0.969 bits per heavy atom. The highest BCUT2D eigenvalue weighted by Crippen LogP contribution is 2.38. The first-order valence-corrected chi connectivity index (χ1v) is 22.4. The molecule has 10 atom stereocenters. The Hall–Kier alpha value is -5.83. The summed E-state index contributed by atoms with van der Waals surface area (Å²) in [4.78, 5) is 78.9. The smallest absolute Gasteiger partial charge is 0.420 e. The van der Waals surface area contributed by atoms with E-state index in [-0.39, 0.29) is 43.5 Å². The Kier molecular flexibility index (Phi) is 16.0. The molecular formula is C51H61N3O11. The van der Waals surface area contributed by atoms with Gasteiger partial charge in [-0.3, -0.25) is 19.4 Å². The van der Waals surface area contributed by atoms with Crippen molar-refractivity contribution >= 4 is 46.6 Å². The minimum absolute atomic E-state index is 0.0265. The number of esters is 2. The van der Waals surface area contributed by atoms with Gasteiger partial charge in [-0.15, -0.1) is 0 Å². The monoisotopic (exact) mass is 891 g/mol. The molecule has 0 aliphatic carbocycles. The lowest BCUT2D eigenvalue weighted by Crippen LogP contribution is -2.55. The Balaban J connectivity index is 1.41. The van der Waals surface area contributed by atoms with E-state index in [1.165, 1.54) is 31.7 Å². The van der Waals surface area contributed by atoms with Gasteiger partial charge >= 0.3 is 18.0 Å². The van der Waals surface area contributed by atoms with Crippen molar-refractivity contribution in [2.45, 2.75) is 123 Å². The molecule has 6 rings (SSSR count). The van der Waals surface area contributed by atoms with Crippen LogP contribution in [0.4, 0.5) is 4.79 Å². The zero-order valence-electron chi connectivity index (χ0n) is 38.5. The highest BCUT2D eigenvalue weighted by Gasteiger charge is 2.49. The quantitative estimate of drug-likeness (QED) is 0.0843. The SMILES string of the molecule is CC[C@H]1OC(=O)[C@H](C)C(=O)[C@H](C)[C@@H](O[C@@H]2CO[C@H](C)CC[C@H]2OC(=O)c2ccccc2)[C@](C)(OC/C=C/c2cnc3ccccc3c2)C[C@@H](C)C(=O)/C(C)=C/[C@]1(C)OC(=O)n1ccnc1. The fourth-order valence-electron chi connectivity index (χ4n) is 8.81. The van der Waals surface area contributed by atoms with Gasteiger partial charge in [-0.25, -0.2) is 19.1 Å². The predicted molar refractivity (Wildman–Crippen MR) is 243 cm³/mol. The molecule has 2 aliphatic rings. The number of rotatable bonds is 10. The average molecular weight is 892 g/mol. The third-order valence-electron chi connectivity index (χ3n) is 12.5. The molecule has 14 nitrogen and oxygen atoms in total. The summed E-state index contributed by atoms with van der Waals surface area (Å²) in [6, 6.07) is 18.5. The van der Waals surface area contributed by atoms with Gasteiger partial charge in [0.25, 0.3) is 0 Å². The maximum atomic E-state index is 14.8. The lowest BCUT2D eigenvalue weighted by molar-refractivity contribution is -0.203. The van der Waals surface area contributed by atoms with Gasteiger partial charge in [-0.05, 0) is 102 Å². The topological polar surface area (TPSA) is 171 Å². The minimum atomic E-state index is -1.64. The largest absolute Gasteiger partial charge is 0.457 e. The molecule has 65 heavy (non-hydrogen) atoms. The summed E-state index contributed by atoms with van der Waals surface area (Å²) < 4.78 is 39.4. The normalized spacial score (nSPS) is 30.5. The Bertz CT molecular complexity index is 2360. The molecule has 0 radical (unpaired) electrons. The minimum Gasteiger partial charge on any atom is -0.457 e. The fraction of sp³-hybridized carbons (Fsp3) is 0.471. The van der Waals surface area contributed by atoms with Gasteiger partial charge in [0, 0.05) is 35.8 Å². The van der Waals surface area contributed by atoms with Crippen LogP contribution in [0.25, 0.3) is 17.0 Å². The number of hydrogen-bond donors (Lipinski definition) is 0. The standard InChI is InChI=1S/C51H61N3O11/c1-9-43-50(7,65-49(59)54-24-23-52-31-54)27-32(2)44(55)33(3)28-51(8,61-25-15-16-37-26-39-19-13-14-20-40(39)53-29-37)46(35(5)45(56)36(6)47(57)64-43)62-42-30-60-34(4)21-22-41(42)63-48(58)38-17-11-10-12-18-38/h10-20,23-24,26-27,29,31,33-36,41-43,46H,9,21-22,25,28,30H2,1-8H3/b16-15+,32-27+/t33-,34-,35+,36-,41-,42-,43-,46-,50+,51-/m1/s1. The van der Waals surface area contributed by atoms with Gasteiger partial charge in [0.05, 0.1) is 42.1 Å². The molecule has 0 amide bonds. The summed E-state index contributed by atoms with van der Waals surface area (Å²) in [5.41, 5.74) is -0.719. The molecule has 0 bridgehead atoms. The number of allylic oxidation sites excluding steroid dienone is 1. The van der Waals surface area contributed by atoms with Crippen molar-refractivity contribution in [2.24, 2.45) is 17.8 Å². The molecule has 4 aromatic rings. The van der Waals surface area contributed by atoms with Crippen LogP contribution in [0.2, 0.25) is 0 Å². The number of nitrogens with zero attached hydrogens (tertiary/aromatic N) is 3. The summed E-state index contributed by atoms with van der Waals surface area (Å²) in [5.74, 6) is -5.30. The second-order valence-electron chi connectivity index (χ2n) is 17.7. The van der Waals surface area contributed by atoms with Crippen LogP contribution in [-0.4, -0.2) is 99.1 Å². The van der Waals surface area contributed by atoms with Crippen molar-refractivity contribution in [1.82, 2.24) is 14.5 Å². The number of aromatic nitrogens is 3. The second-order valence-corrected chi connectivity index (χ2v) is 17.7. The van der Waals surface area contributed by atoms with E-state index in [9.17, 15) is 24.0 Å². The Morgan fingerprint density at radius 3 is 2.43 bits per heavy atom. The molecule has 0 unspecified atom stereocenters. The summed E-state index contributed by atoms with van der Waals surface area (Å²) >= 11 is 0. The number of ketones is 2. The van der Waals surface area contributed by atoms with E-state index in [4.69, 9.17) is 28.4 Å². The predicted octanol–water partition coefficient (Wildman–Crippen LogP) is 8.56. The number of cyclic esters (lactones) is 1. The van der Waals surface area contributed by atoms with E-state index in [0.29, 0.717) is 18.4 Å². The van der Waals surface area contributed by atoms with Crippen LogP contribution in [-0.2, 0) is 42.8 Å². The summed E-state index contributed by atoms with van der Waals surface area (Å²) in [5, 5.41) is 0.970. The number of hydrogen-bond acceptors (Lipinski definition) is 13. The summed E-state index contributed by atoms with van der Waals surface area (Å²) in [7, 11) is 0. The molecule has 0 N–H and O–H groups in total. The number of imidazole rings is 1. The molecule has 0 spiro atoms. The van der Waals surface area contributed by atoms with Crippen LogP contribution in [0.3, 0.4) is 0 Å². The van der Waals surface area contributed by atoms with Crippen molar-refractivity contribution in [3.63, 3.8) is 0 Å². The van der Waals surface area contributed by atoms with Crippen molar-refractivity contribution in [2.75, 3.05) is 13.2 Å². The summed E-state index contributed by atoms with van der Waals surface area (Å²) in [6.07, 6.45) is 7.43. The van der Waals surface area contributed by atoms with E-state index in [1.54, 1.807) is 72.0 Å². The number of benzene rings is 2. The number of fused-ring (bicyclic) bond motifs is 1. The molecule has 1 saturated heterocycles. The number of para-hydroxylation sites is 1. The first-order valence-electron chi connectivity index (χ1n) is 22.4. The van der Waals surface area contributed by atoms with E-state index in [1.807, 2.05) is 55.5 Å². The fourth-order valence-corrected chi connectivity index (χ4v) is 8.81. The lowest BCUT2D eigenvalue weighted by Gasteiger charge is -2.44. The number of ether oxygens (including phenoxy) is 6. The van der Waals surface area contributed by atoms with Crippen LogP contribution in [0.15, 0.2) is 103 Å². The van der Waals surface area contributed by atoms with E-state index >= 15 is 0 Å². The molecule has 346 valence electrons. The van der Waals surface area contributed by atoms with Crippen LogP contribution in [0, 0.1) is 17.8 Å². The first kappa shape index (κ1) is 48.6. The van der Waals surface area contributed by atoms with Crippen LogP contribution >= 0.6 is 0 Å². The van der Waals surface area contributed by atoms with E-state index in [2.05, 4.69) is 9.97 Å². The molecular weight excluding hydrogens is 831 g/mol. The lowest BCUT2D eigenvalue weighted by atomic mass is 9.76. The van der Waals surface area contributed by atoms with Gasteiger partial charge in [-0.2, -0.15) is 0 Å². The average Bonchev–Trinajstić information content (AvgIpc) is 3.80. The highest BCUT2D eigenvalue weighted by atomic mass is 16.6. The van der Waals surface area contributed by atoms with Crippen LogP contribution < -0.4 is 0 Å². The Labute approximate surface area is 380 Å². The number of carbonyl (C=O) groups excluding carboxylic acids is 5. The van der Waals surface area contributed by atoms with E-state index in [0.717, 1.165) is 21.0 Å². The summed E-state index contributed by atoms with van der Waals surface area (Å²) in [6.45, 7) is 13.6. The number of pyridine rings is 1. The first-order chi connectivity index (χ1) is 31.0. The molecule has 14 heteroatoms. The van der Waals surface area contributed by atoms with Crippen LogP contribution in [0.5, 0.6) is 0 Å². The van der Waals surface area contributed by atoms with Gasteiger partial charge in [0.1, 0.15) is 30.6 Å². The van der Waals surface area contributed by atoms with Crippen LogP contribution in [0.1, 0.15) is 97.0 Å². The number of carbonyl (C=O) groups is 5. The van der Waals surface area contributed by atoms with Gasteiger partial charge in [0.15, 0.2) is 17.2 Å². The molecule has 0 saturated carbocycles. The molecule has 2 aliphatic heterocycles. The third kappa shape index (κ3) is 11.9.